The molecule has 0 heterocycles. The summed E-state index contributed by atoms with van der Waals surface area (Å²) < 4.78 is 31.3. The number of ether oxygens (including phenoxy) is 1. The molecular weight excluding hydrogens is 216 g/mol. The predicted molar refractivity (Wildman–Crippen MR) is 56.1 cm³/mol. The smallest absolute Gasteiger partial charge is 0.309 e. The van der Waals surface area contributed by atoms with Crippen molar-refractivity contribution in [3.8, 4) is 0 Å². The minimum Gasteiger partial charge on any atom is -0.460 e. The SMILES string of the molecule is CC(C)(C)OC(=O)[C@H]1CCC(F)(F)[C@H](N)C1. The molecule has 0 saturated heterocycles. The van der Waals surface area contributed by atoms with E-state index in [-0.39, 0.29) is 19.3 Å². The van der Waals surface area contributed by atoms with Crippen LogP contribution in [0.3, 0.4) is 0 Å². The molecule has 0 aliphatic heterocycles. The monoisotopic (exact) mass is 235 g/mol. The molecule has 1 aliphatic rings. The van der Waals surface area contributed by atoms with Crippen LogP contribution in [0.1, 0.15) is 40.0 Å². The molecule has 0 unspecified atom stereocenters. The van der Waals surface area contributed by atoms with Crippen molar-refractivity contribution in [1.29, 1.82) is 0 Å². The van der Waals surface area contributed by atoms with Crippen LogP contribution in [0.2, 0.25) is 0 Å². The fourth-order valence-corrected chi connectivity index (χ4v) is 1.75. The molecular formula is C11H19F2NO2. The Morgan fingerprint density at radius 3 is 2.44 bits per heavy atom. The zero-order valence-corrected chi connectivity index (χ0v) is 9.93. The fraction of sp³-hybridized carbons (Fsp3) is 0.909. The highest BCUT2D eigenvalue weighted by molar-refractivity contribution is 5.73. The number of carbonyl (C=O) groups excluding carboxylic acids is 1. The second-order valence-corrected chi connectivity index (χ2v) is 5.37. The van der Waals surface area contributed by atoms with Crippen LogP contribution in [0, 0.1) is 5.92 Å². The molecule has 1 rings (SSSR count). The summed E-state index contributed by atoms with van der Waals surface area (Å²) in [5, 5.41) is 0. The first kappa shape index (κ1) is 13.4. The van der Waals surface area contributed by atoms with Crippen molar-refractivity contribution in [2.24, 2.45) is 11.7 Å². The van der Waals surface area contributed by atoms with E-state index in [4.69, 9.17) is 10.5 Å². The molecule has 0 amide bonds. The maximum absolute atomic E-state index is 13.1. The number of hydrogen-bond acceptors (Lipinski definition) is 3. The van der Waals surface area contributed by atoms with Gasteiger partial charge in [-0.15, -0.1) is 0 Å². The number of alkyl halides is 2. The summed E-state index contributed by atoms with van der Waals surface area (Å²) in [7, 11) is 0. The van der Waals surface area contributed by atoms with Crippen molar-refractivity contribution in [2.45, 2.75) is 57.6 Å². The Bertz CT molecular complexity index is 274. The summed E-state index contributed by atoms with van der Waals surface area (Å²) in [6.45, 7) is 5.26. The second-order valence-electron chi connectivity index (χ2n) is 5.37. The number of carbonyl (C=O) groups is 1. The lowest BCUT2D eigenvalue weighted by Crippen LogP contribution is -2.48. The molecule has 5 heteroatoms. The first-order valence-corrected chi connectivity index (χ1v) is 5.48. The van der Waals surface area contributed by atoms with Crippen molar-refractivity contribution in [3.63, 3.8) is 0 Å². The second kappa shape index (κ2) is 4.28. The summed E-state index contributed by atoms with van der Waals surface area (Å²) in [5.74, 6) is -3.76. The van der Waals surface area contributed by atoms with Crippen molar-refractivity contribution in [3.05, 3.63) is 0 Å². The molecule has 94 valence electrons. The van der Waals surface area contributed by atoms with Crippen LogP contribution in [0.25, 0.3) is 0 Å². The van der Waals surface area contributed by atoms with Crippen molar-refractivity contribution >= 4 is 5.97 Å². The Morgan fingerprint density at radius 1 is 1.44 bits per heavy atom. The molecule has 0 aromatic rings. The van der Waals surface area contributed by atoms with Gasteiger partial charge in [-0.2, -0.15) is 0 Å². The lowest BCUT2D eigenvalue weighted by Gasteiger charge is -2.33. The van der Waals surface area contributed by atoms with Crippen LogP contribution < -0.4 is 5.73 Å². The first-order valence-electron chi connectivity index (χ1n) is 5.48. The van der Waals surface area contributed by atoms with Crippen LogP contribution in [0.5, 0.6) is 0 Å². The summed E-state index contributed by atoms with van der Waals surface area (Å²) in [4.78, 5) is 11.6. The highest BCUT2D eigenvalue weighted by Gasteiger charge is 2.45. The summed E-state index contributed by atoms with van der Waals surface area (Å²) in [5.41, 5.74) is 4.76. The number of hydrogen-bond donors (Lipinski definition) is 1. The van der Waals surface area contributed by atoms with Crippen LogP contribution >= 0.6 is 0 Å². The van der Waals surface area contributed by atoms with Crippen LogP contribution in [0.4, 0.5) is 8.78 Å². The van der Waals surface area contributed by atoms with Crippen molar-refractivity contribution < 1.29 is 18.3 Å². The Balaban J connectivity index is 2.55. The molecule has 0 spiro atoms. The molecule has 0 aromatic carbocycles. The average Bonchev–Trinajstić information content (AvgIpc) is 2.06. The largest absolute Gasteiger partial charge is 0.460 e. The lowest BCUT2D eigenvalue weighted by atomic mass is 9.83. The average molecular weight is 235 g/mol. The van der Waals surface area contributed by atoms with E-state index in [0.717, 1.165) is 0 Å². The topological polar surface area (TPSA) is 52.3 Å². The predicted octanol–water partition coefficient (Wildman–Crippen LogP) is 2.09. The molecule has 1 saturated carbocycles. The van der Waals surface area contributed by atoms with E-state index in [9.17, 15) is 13.6 Å². The standard InChI is InChI=1S/C11H19F2NO2/c1-10(2,3)16-9(15)7-4-5-11(12,13)8(14)6-7/h7-8H,4-6,14H2,1-3H3/t7-,8+/m0/s1. The van der Waals surface area contributed by atoms with Gasteiger partial charge in [0.15, 0.2) is 0 Å². The van der Waals surface area contributed by atoms with E-state index >= 15 is 0 Å². The lowest BCUT2D eigenvalue weighted by molar-refractivity contribution is -0.164. The van der Waals surface area contributed by atoms with Gasteiger partial charge in [0.25, 0.3) is 5.92 Å². The highest BCUT2D eigenvalue weighted by atomic mass is 19.3. The van der Waals surface area contributed by atoms with Gasteiger partial charge in [0, 0.05) is 6.42 Å². The zero-order valence-electron chi connectivity index (χ0n) is 9.93. The summed E-state index contributed by atoms with van der Waals surface area (Å²) in [6.07, 6.45) is -0.185. The van der Waals surface area contributed by atoms with Gasteiger partial charge in [-0.05, 0) is 33.6 Å². The maximum Gasteiger partial charge on any atom is 0.309 e. The van der Waals surface area contributed by atoms with Crippen LogP contribution in [-0.2, 0) is 9.53 Å². The fourth-order valence-electron chi connectivity index (χ4n) is 1.75. The van der Waals surface area contributed by atoms with Gasteiger partial charge in [0.2, 0.25) is 0 Å². The molecule has 2 N–H and O–H groups in total. The third-order valence-corrected chi connectivity index (χ3v) is 2.65. The molecule has 3 nitrogen and oxygen atoms in total. The Kier molecular flexibility index (Phi) is 3.57. The zero-order chi connectivity index (χ0) is 12.6. The quantitative estimate of drug-likeness (QED) is 0.708. The molecule has 1 aliphatic carbocycles. The highest BCUT2D eigenvalue weighted by Crippen LogP contribution is 2.36. The third-order valence-electron chi connectivity index (χ3n) is 2.65. The van der Waals surface area contributed by atoms with Gasteiger partial charge < -0.3 is 10.5 Å². The normalized spacial score (nSPS) is 29.9. The number of esters is 1. The molecule has 0 radical (unpaired) electrons. The number of rotatable bonds is 1. The van der Waals surface area contributed by atoms with Crippen molar-refractivity contribution in [2.75, 3.05) is 0 Å². The van der Waals surface area contributed by atoms with Gasteiger partial charge in [0.1, 0.15) is 5.60 Å². The summed E-state index contributed by atoms with van der Waals surface area (Å²) >= 11 is 0. The van der Waals surface area contributed by atoms with E-state index in [1.165, 1.54) is 0 Å². The third kappa shape index (κ3) is 3.40. The Labute approximate surface area is 94.3 Å². The van der Waals surface area contributed by atoms with Gasteiger partial charge in [-0.25, -0.2) is 8.78 Å². The molecule has 2 atom stereocenters. The minimum atomic E-state index is -2.85. The minimum absolute atomic E-state index is 0.00190. The number of nitrogens with two attached hydrogens (primary N) is 1. The molecule has 1 fully saturated rings. The Morgan fingerprint density at radius 2 is 2.00 bits per heavy atom. The van der Waals surface area contributed by atoms with E-state index in [1.54, 1.807) is 20.8 Å². The molecule has 16 heavy (non-hydrogen) atoms. The van der Waals surface area contributed by atoms with E-state index in [1.807, 2.05) is 0 Å². The molecule has 0 aromatic heterocycles. The van der Waals surface area contributed by atoms with E-state index < -0.39 is 29.5 Å². The van der Waals surface area contributed by atoms with Crippen LogP contribution in [-0.4, -0.2) is 23.5 Å². The first-order chi connectivity index (χ1) is 7.12. The van der Waals surface area contributed by atoms with Gasteiger partial charge in [-0.3, -0.25) is 4.79 Å². The molecule has 0 bridgehead atoms. The van der Waals surface area contributed by atoms with E-state index in [0.29, 0.717) is 0 Å². The van der Waals surface area contributed by atoms with Gasteiger partial charge in [-0.1, -0.05) is 0 Å². The van der Waals surface area contributed by atoms with Gasteiger partial charge in [0.05, 0.1) is 12.0 Å². The van der Waals surface area contributed by atoms with Crippen LogP contribution in [0.15, 0.2) is 0 Å². The van der Waals surface area contributed by atoms with Gasteiger partial charge >= 0.3 is 5.97 Å². The Hall–Kier alpha value is -0.710. The maximum atomic E-state index is 13.1. The number of halogens is 2. The van der Waals surface area contributed by atoms with E-state index in [2.05, 4.69) is 0 Å². The summed E-state index contributed by atoms with van der Waals surface area (Å²) in [6, 6.07) is -1.24. The van der Waals surface area contributed by atoms with Crippen molar-refractivity contribution in [1.82, 2.24) is 0 Å².